The van der Waals surface area contributed by atoms with Crippen LogP contribution in [-0.2, 0) is 9.59 Å². The first-order chi connectivity index (χ1) is 3.81. The number of hydrogen-bond donors (Lipinski definition) is 1. The first-order valence-corrected chi connectivity index (χ1v) is 6.08. The summed E-state index contributed by atoms with van der Waals surface area (Å²) in [6.07, 6.45) is 2.64. The second-order valence-electron chi connectivity index (χ2n) is 0.872. The Balaban J connectivity index is 3.82. The van der Waals surface area contributed by atoms with E-state index < -0.39 is 10.7 Å². The lowest BCUT2D eigenvalue weighted by Gasteiger charge is -1.90. The number of isocyanates is 2. The number of thiol groups is 1. The van der Waals surface area contributed by atoms with E-state index in [0.29, 0.717) is 9.39 Å². The Bertz CT molecular complexity index is 141. The predicted octanol–water partition coefficient (Wildman–Crippen LogP) is -1.23. The average Bonchev–Trinajstić information content (AvgIpc) is 1.68. The molecule has 8 heavy (non-hydrogen) atoms. The maximum atomic E-state index is 9.45. The van der Waals surface area contributed by atoms with Gasteiger partial charge in [-0.1, -0.05) is 10.7 Å². The van der Waals surface area contributed by atoms with E-state index in [4.69, 9.17) is 0 Å². The molecular formula is C2H4N2O2SSi. The van der Waals surface area contributed by atoms with Gasteiger partial charge in [0.15, 0.2) is 0 Å². The Morgan fingerprint density at radius 1 is 1.25 bits per heavy atom. The monoisotopic (exact) mass is 148 g/mol. The molecular weight excluding hydrogens is 144 g/mol. The van der Waals surface area contributed by atoms with Crippen LogP contribution in [0.5, 0.6) is 0 Å². The van der Waals surface area contributed by atoms with Crippen molar-refractivity contribution in [3.63, 3.8) is 0 Å². The molecule has 0 amide bonds. The number of carbonyl (C=O) groups excluding carboxylic acids is 2. The van der Waals surface area contributed by atoms with E-state index in [0.717, 1.165) is 0 Å². The van der Waals surface area contributed by atoms with E-state index in [1.807, 2.05) is 0 Å². The lowest BCUT2D eigenvalue weighted by molar-refractivity contribution is 0.566. The summed E-state index contributed by atoms with van der Waals surface area (Å²) in [6, 6.07) is 0. The lowest BCUT2D eigenvalue weighted by atomic mass is 11.7. The zero-order valence-corrected chi connectivity index (χ0v) is 7.05. The van der Waals surface area contributed by atoms with Crippen LogP contribution in [0.15, 0.2) is 8.80 Å². The van der Waals surface area contributed by atoms with Crippen LogP contribution in [0.4, 0.5) is 0 Å². The summed E-state index contributed by atoms with van der Waals surface area (Å²) in [5.41, 5.74) is 0. The van der Waals surface area contributed by atoms with Crippen LogP contribution in [0, 0.1) is 0 Å². The third-order valence-corrected chi connectivity index (χ3v) is 2.31. The molecule has 0 aliphatic carbocycles. The Morgan fingerprint density at radius 3 is 1.88 bits per heavy atom. The van der Waals surface area contributed by atoms with Crippen molar-refractivity contribution in [2.45, 2.75) is 0 Å². The minimum Gasteiger partial charge on any atom is -0.210 e. The highest BCUT2D eigenvalue weighted by Crippen LogP contribution is 2.17. The average molecular weight is 148 g/mol. The first kappa shape index (κ1) is 7.33. The Morgan fingerprint density at radius 2 is 1.62 bits per heavy atom. The van der Waals surface area contributed by atoms with Crippen LogP contribution < -0.4 is 0 Å². The summed E-state index contributed by atoms with van der Waals surface area (Å²) in [5, 5.41) is 0. The third kappa shape index (κ3) is 3.51. The van der Waals surface area contributed by atoms with E-state index in [9.17, 15) is 9.59 Å². The topological polar surface area (TPSA) is 58.9 Å². The van der Waals surface area contributed by atoms with Gasteiger partial charge in [0.25, 0.3) is 0 Å². The summed E-state index contributed by atoms with van der Waals surface area (Å²) < 4.78 is 6.41. The largest absolute Gasteiger partial charge is 0.246 e. The van der Waals surface area contributed by atoms with Gasteiger partial charge < -0.3 is 0 Å². The Labute approximate surface area is 51.4 Å². The second kappa shape index (κ2) is 4.48. The zero-order valence-electron chi connectivity index (χ0n) is 4.16. The third-order valence-electron chi connectivity index (χ3n) is 0.371. The molecule has 0 radical (unpaired) electrons. The van der Waals surface area contributed by atoms with Gasteiger partial charge in [0, 0.05) is 0 Å². The molecule has 0 aromatic heterocycles. The minimum absolute atomic E-state index is 0.615. The van der Waals surface area contributed by atoms with Gasteiger partial charge >= 0.3 is 0 Å². The minimum atomic E-state index is -1.04. The van der Waals surface area contributed by atoms with Crippen LogP contribution in [0.25, 0.3) is 0 Å². The molecule has 0 aromatic carbocycles. The lowest BCUT2D eigenvalue weighted by Crippen LogP contribution is -1.64. The number of nitrogens with zero attached hydrogens (tertiary/aromatic N) is 2. The van der Waals surface area contributed by atoms with Crippen LogP contribution in [0.1, 0.15) is 0 Å². The van der Waals surface area contributed by atoms with Crippen LogP contribution >= 0.6 is 10.7 Å². The molecule has 0 aromatic rings. The molecule has 0 heterocycles. The Kier molecular flexibility index (Phi) is 4.11. The van der Waals surface area contributed by atoms with Gasteiger partial charge in [-0.3, -0.25) is 0 Å². The van der Waals surface area contributed by atoms with Gasteiger partial charge in [-0.05, 0) is 0 Å². The zero-order chi connectivity index (χ0) is 6.41. The van der Waals surface area contributed by atoms with Crippen LogP contribution in [0.3, 0.4) is 0 Å². The summed E-state index contributed by atoms with van der Waals surface area (Å²) in [7, 11) is -0.424. The van der Waals surface area contributed by atoms with Crippen molar-refractivity contribution in [2.75, 3.05) is 0 Å². The fourth-order valence-corrected chi connectivity index (χ4v) is 0.911. The molecule has 0 unspecified atom stereocenters. The molecule has 0 saturated heterocycles. The standard InChI is InChI=1S/C2H4N2O2SSi/c5-1-3-7(8)4-2-6/h7H,8H3. The van der Waals surface area contributed by atoms with Crippen molar-refractivity contribution in [3.05, 3.63) is 0 Å². The maximum Gasteiger partial charge on any atom is 0.246 e. The molecule has 4 nitrogen and oxygen atoms in total. The molecule has 0 bridgehead atoms. The van der Waals surface area contributed by atoms with E-state index in [-0.39, 0.29) is 0 Å². The summed E-state index contributed by atoms with van der Waals surface area (Å²) in [5.74, 6) is 0. The highest BCUT2D eigenvalue weighted by atomic mass is 32.4. The van der Waals surface area contributed by atoms with Gasteiger partial charge in [-0.25, -0.2) is 9.59 Å². The van der Waals surface area contributed by atoms with Crippen LogP contribution in [0.2, 0.25) is 0 Å². The normalized spacial score (nSPS) is 13.2. The molecule has 6 heteroatoms. The van der Waals surface area contributed by atoms with Crippen molar-refractivity contribution in [3.8, 4) is 0 Å². The Hall–Kier alpha value is -0.673. The summed E-state index contributed by atoms with van der Waals surface area (Å²) in [6.45, 7) is 0. The van der Waals surface area contributed by atoms with Crippen LogP contribution in [-0.4, -0.2) is 21.6 Å². The highest BCUT2D eigenvalue weighted by molar-refractivity contribution is 8.33. The highest BCUT2D eigenvalue weighted by Gasteiger charge is 1.80. The smallest absolute Gasteiger partial charge is 0.210 e. The molecule has 44 valence electrons. The summed E-state index contributed by atoms with van der Waals surface area (Å²) >= 11 is 0. The molecule has 0 atom stereocenters. The van der Waals surface area contributed by atoms with E-state index in [2.05, 4.69) is 8.80 Å². The quantitative estimate of drug-likeness (QED) is 0.231. The van der Waals surface area contributed by atoms with Gasteiger partial charge in [-0.2, -0.15) is 0 Å². The van der Waals surface area contributed by atoms with Crippen molar-refractivity contribution in [1.82, 2.24) is 0 Å². The fourth-order valence-electron chi connectivity index (χ4n) is 0.141. The molecule has 0 saturated carbocycles. The second-order valence-corrected chi connectivity index (χ2v) is 4.65. The van der Waals surface area contributed by atoms with E-state index >= 15 is 0 Å². The van der Waals surface area contributed by atoms with Gasteiger partial charge in [-0.15, -0.1) is 8.80 Å². The predicted molar refractivity (Wildman–Crippen MR) is 35.2 cm³/mol. The molecule has 0 fully saturated rings. The van der Waals surface area contributed by atoms with Crippen molar-refractivity contribution in [1.29, 1.82) is 0 Å². The molecule has 0 spiro atoms. The van der Waals surface area contributed by atoms with E-state index in [1.165, 1.54) is 12.2 Å². The number of rotatable bonds is 2. The molecule has 0 rings (SSSR count). The molecule has 0 aliphatic rings. The molecule has 0 N–H and O–H groups in total. The molecule has 0 aliphatic heterocycles. The van der Waals surface area contributed by atoms with Gasteiger partial charge in [0.05, 0.1) is 9.39 Å². The van der Waals surface area contributed by atoms with Crippen molar-refractivity contribution < 1.29 is 9.59 Å². The SMILES string of the molecule is O=C=N[SH]([SiH3])N=C=O. The summed E-state index contributed by atoms with van der Waals surface area (Å²) in [4.78, 5) is 18.9. The fraction of sp³-hybridized carbons (Fsp3) is 0. The maximum absolute atomic E-state index is 9.45. The van der Waals surface area contributed by atoms with Gasteiger partial charge in [0.1, 0.15) is 0 Å². The van der Waals surface area contributed by atoms with Gasteiger partial charge in [0.2, 0.25) is 12.2 Å². The number of hydrogen-bond acceptors (Lipinski definition) is 4. The van der Waals surface area contributed by atoms with Crippen molar-refractivity contribution >= 4 is 32.3 Å². The van der Waals surface area contributed by atoms with E-state index in [1.54, 1.807) is 0 Å². The van der Waals surface area contributed by atoms with Crippen molar-refractivity contribution in [2.24, 2.45) is 8.80 Å². The first-order valence-electron chi connectivity index (χ1n) is 1.70.